The van der Waals surface area contributed by atoms with Crippen molar-refractivity contribution >= 4 is 17.7 Å². The van der Waals surface area contributed by atoms with Crippen LogP contribution in [0.15, 0.2) is 43.0 Å². The third-order valence-corrected chi connectivity index (χ3v) is 2.22. The van der Waals surface area contributed by atoms with Gasteiger partial charge in [0, 0.05) is 11.8 Å². The van der Waals surface area contributed by atoms with Gasteiger partial charge in [-0.05, 0) is 19.1 Å². The van der Waals surface area contributed by atoms with Crippen LogP contribution in [0.2, 0.25) is 0 Å². The second-order valence-corrected chi connectivity index (χ2v) is 3.68. The van der Waals surface area contributed by atoms with Crippen LogP contribution in [0.25, 0.3) is 0 Å². The number of carbonyl (C=O) groups excluding carboxylic acids is 1. The highest BCUT2D eigenvalue weighted by Gasteiger charge is 2.18. The van der Waals surface area contributed by atoms with E-state index in [9.17, 15) is 9.59 Å². The zero-order valence-corrected chi connectivity index (χ0v) is 10.1. The summed E-state index contributed by atoms with van der Waals surface area (Å²) in [5.41, 5.74) is 0.534. The maximum Gasteiger partial charge on any atom is 0.411 e. The van der Waals surface area contributed by atoms with Crippen molar-refractivity contribution in [1.82, 2.24) is 0 Å². The zero-order chi connectivity index (χ0) is 13.5. The van der Waals surface area contributed by atoms with Crippen LogP contribution in [0.1, 0.15) is 6.92 Å². The molecule has 1 amide bonds. The second kappa shape index (κ2) is 6.44. The first kappa shape index (κ1) is 13.8. The lowest BCUT2D eigenvalue weighted by molar-refractivity contribution is -0.141. The molecule has 1 aromatic rings. The summed E-state index contributed by atoms with van der Waals surface area (Å²) in [5.74, 6) is -0.569. The molecule has 0 bridgehead atoms. The number of hydrogen-bond donors (Lipinski definition) is 1. The van der Waals surface area contributed by atoms with Gasteiger partial charge in [-0.2, -0.15) is 0 Å². The SMILES string of the molecule is C=CC(=O)OC(C)CN(C(=O)O)c1ccccc1. The number of nitrogens with zero attached hydrogens (tertiary/aromatic N) is 1. The van der Waals surface area contributed by atoms with E-state index >= 15 is 0 Å². The van der Waals surface area contributed by atoms with Gasteiger partial charge in [-0.25, -0.2) is 9.59 Å². The molecule has 0 aliphatic carbocycles. The Labute approximate surface area is 105 Å². The van der Waals surface area contributed by atoms with Crippen molar-refractivity contribution in [3.05, 3.63) is 43.0 Å². The van der Waals surface area contributed by atoms with Gasteiger partial charge < -0.3 is 9.84 Å². The van der Waals surface area contributed by atoms with Gasteiger partial charge in [0.2, 0.25) is 0 Å². The van der Waals surface area contributed by atoms with Gasteiger partial charge in [0.05, 0.1) is 6.54 Å². The van der Waals surface area contributed by atoms with Crippen LogP contribution >= 0.6 is 0 Å². The number of carbonyl (C=O) groups is 2. The lowest BCUT2D eigenvalue weighted by atomic mass is 10.2. The first-order chi connectivity index (χ1) is 8.54. The van der Waals surface area contributed by atoms with E-state index in [4.69, 9.17) is 9.84 Å². The Kier molecular flexibility index (Phi) is 4.92. The minimum Gasteiger partial charge on any atom is -0.465 e. The summed E-state index contributed by atoms with van der Waals surface area (Å²) in [6.45, 7) is 4.98. The van der Waals surface area contributed by atoms with E-state index < -0.39 is 18.2 Å². The molecule has 5 nitrogen and oxygen atoms in total. The average molecular weight is 249 g/mol. The number of amides is 1. The van der Waals surface area contributed by atoms with Crippen LogP contribution in [0.3, 0.4) is 0 Å². The highest BCUT2D eigenvalue weighted by Crippen LogP contribution is 2.14. The van der Waals surface area contributed by atoms with Gasteiger partial charge >= 0.3 is 12.1 Å². The van der Waals surface area contributed by atoms with E-state index in [2.05, 4.69) is 6.58 Å². The molecular weight excluding hydrogens is 234 g/mol. The number of esters is 1. The molecule has 96 valence electrons. The summed E-state index contributed by atoms with van der Waals surface area (Å²) < 4.78 is 4.94. The van der Waals surface area contributed by atoms with Gasteiger partial charge in [-0.15, -0.1) is 0 Å². The van der Waals surface area contributed by atoms with Crippen LogP contribution in [-0.4, -0.2) is 29.8 Å². The third-order valence-electron chi connectivity index (χ3n) is 2.22. The molecule has 0 aliphatic rings. The predicted molar refractivity (Wildman–Crippen MR) is 67.6 cm³/mol. The standard InChI is InChI=1S/C13H15NO4/c1-3-12(15)18-10(2)9-14(13(16)17)11-7-5-4-6-8-11/h3-8,10H,1,9H2,2H3,(H,16,17). The number of ether oxygens (including phenoxy) is 1. The fourth-order valence-electron chi connectivity index (χ4n) is 1.44. The molecule has 18 heavy (non-hydrogen) atoms. The van der Waals surface area contributed by atoms with E-state index in [1.54, 1.807) is 37.3 Å². The maximum absolute atomic E-state index is 11.2. The molecule has 0 radical (unpaired) electrons. The molecule has 1 N–H and O–H groups in total. The van der Waals surface area contributed by atoms with Gasteiger partial charge in [0.25, 0.3) is 0 Å². The molecular formula is C13H15NO4. The Bertz CT molecular complexity index is 430. The molecule has 0 saturated carbocycles. The van der Waals surface area contributed by atoms with Crippen molar-refractivity contribution in [3.63, 3.8) is 0 Å². The second-order valence-electron chi connectivity index (χ2n) is 3.68. The Hall–Kier alpha value is -2.30. The Morgan fingerprint density at radius 3 is 2.56 bits per heavy atom. The van der Waals surface area contributed by atoms with E-state index in [1.807, 2.05) is 0 Å². The maximum atomic E-state index is 11.2. The quantitative estimate of drug-likeness (QED) is 0.642. The lowest BCUT2D eigenvalue weighted by Gasteiger charge is -2.22. The summed E-state index contributed by atoms with van der Waals surface area (Å²) in [5, 5.41) is 9.13. The first-order valence-corrected chi connectivity index (χ1v) is 5.43. The number of para-hydroxylation sites is 1. The van der Waals surface area contributed by atoms with Crippen molar-refractivity contribution in [1.29, 1.82) is 0 Å². The molecule has 0 saturated heterocycles. The monoisotopic (exact) mass is 249 g/mol. The number of hydrogen-bond acceptors (Lipinski definition) is 3. The van der Waals surface area contributed by atoms with Crippen LogP contribution in [0.4, 0.5) is 10.5 Å². The van der Waals surface area contributed by atoms with E-state index in [1.165, 1.54) is 0 Å². The smallest absolute Gasteiger partial charge is 0.411 e. The van der Waals surface area contributed by atoms with Gasteiger partial charge in [0.1, 0.15) is 6.10 Å². The first-order valence-electron chi connectivity index (χ1n) is 5.43. The predicted octanol–water partition coefficient (Wildman–Crippen LogP) is 2.29. The Balaban J connectivity index is 2.73. The highest BCUT2D eigenvalue weighted by atomic mass is 16.5. The fourth-order valence-corrected chi connectivity index (χ4v) is 1.44. The molecule has 1 aromatic carbocycles. The molecule has 0 heterocycles. The van der Waals surface area contributed by atoms with Crippen LogP contribution in [0, 0.1) is 0 Å². The van der Waals surface area contributed by atoms with Crippen LogP contribution in [-0.2, 0) is 9.53 Å². The number of benzene rings is 1. The molecule has 0 aromatic heterocycles. The fraction of sp³-hybridized carbons (Fsp3) is 0.231. The highest BCUT2D eigenvalue weighted by molar-refractivity contribution is 5.86. The third kappa shape index (κ3) is 3.93. The van der Waals surface area contributed by atoms with E-state index in [0.717, 1.165) is 11.0 Å². The summed E-state index contributed by atoms with van der Waals surface area (Å²) in [4.78, 5) is 23.3. The topological polar surface area (TPSA) is 66.8 Å². The number of carboxylic acid groups (broad SMARTS) is 1. The van der Waals surface area contributed by atoms with Gasteiger partial charge in [0.15, 0.2) is 0 Å². The van der Waals surface area contributed by atoms with E-state index in [-0.39, 0.29) is 6.54 Å². The van der Waals surface area contributed by atoms with Gasteiger partial charge in [-0.3, -0.25) is 4.90 Å². The zero-order valence-electron chi connectivity index (χ0n) is 10.1. The molecule has 1 atom stereocenters. The summed E-state index contributed by atoms with van der Waals surface area (Å²) in [7, 11) is 0. The van der Waals surface area contributed by atoms with Crippen molar-refractivity contribution < 1.29 is 19.4 Å². The molecule has 0 aliphatic heterocycles. The lowest BCUT2D eigenvalue weighted by Crippen LogP contribution is -2.37. The molecule has 1 rings (SSSR count). The summed E-state index contributed by atoms with van der Waals surface area (Å²) >= 11 is 0. The Morgan fingerprint density at radius 2 is 2.06 bits per heavy atom. The average Bonchev–Trinajstić information content (AvgIpc) is 2.36. The number of rotatable bonds is 5. The Morgan fingerprint density at radius 1 is 1.44 bits per heavy atom. The summed E-state index contributed by atoms with van der Waals surface area (Å²) in [6, 6.07) is 8.63. The van der Waals surface area contributed by atoms with Crippen LogP contribution < -0.4 is 4.90 Å². The summed E-state index contributed by atoms with van der Waals surface area (Å²) in [6.07, 6.45) is -0.598. The molecule has 0 spiro atoms. The molecule has 0 fully saturated rings. The van der Waals surface area contributed by atoms with Crippen molar-refractivity contribution in [2.45, 2.75) is 13.0 Å². The minimum absolute atomic E-state index is 0.0684. The van der Waals surface area contributed by atoms with E-state index in [0.29, 0.717) is 5.69 Å². The largest absolute Gasteiger partial charge is 0.465 e. The molecule has 1 unspecified atom stereocenters. The van der Waals surface area contributed by atoms with Crippen molar-refractivity contribution in [2.24, 2.45) is 0 Å². The molecule has 5 heteroatoms. The van der Waals surface area contributed by atoms with Crippen molar-refractivity contribution in [3.8, 4) is 0 Å². The minimum atomic E-state index is -1.09. The van der Waals surface area contributed by atoms with Gasteiger partial charge in [-0.1, -0.05) is 24.8 Å². The van der Waals surface area contributed by atoms with Crippen molar-refractivity contribution in [2.75, 3.05) is 11.4 Å². The van der Waals surface area contributed by atoms with Crippen LogP contribution in [0.5, 0.6) is 0 Å². The number of anilines is 1. The normalized spacial score (nSPS) is 11.4.